The Labute approximate surface area is 119 Å². The van der Waals surface area contributed by atoms with Gasteiger partial charge < -0.3 is 18.9 Å². The lowest BCUT2D eigenvalue weighted by Crippen LogP contribution is -2.45. The lowest BCUT2D eigenvalue weighted by Gasteiger charge is -2.28. The van der Waals surface area contributed by atoms with Crippen molar-refractivity contribution in [3.05, 3.63) is 17.7 Å². The average Bonchev–Trinajstić information content (AvgIpc) is 2.52. The molecule has 0 aromatic heterocycles. The van der Waals surface area contributed by atoms with E-state index in [-0.39, 0.29) is 0 Å². The number of ether oxygens (including phenoxy) is 4. The lowest BCUT2D eigenvalue weighted by molar-refractivity contribution is 0.0103. The Bertz CT molecular complexity index is 408. The largest absolute Gasteiger partial charge is 0.496 e. The maximum absolute atomic E-state index is 5.43. The Kier molecular flexibility index (Phi) is 5.46. The average molecular weight is 282 g/mol. The van der Waals surface area contributed by atoms with Gasteiger partial charge >= 0.3 is 0 Å². The molecule has 6 nitrogen and oxygen atoms in total. The first-order chi connectivity index (χ1) is 9.78. The highest BCUT2D eigenvalue weighted by Gasteiger charge is 2.15. The van der Waals surface area contributed by atoms with Crippen LogP contribution in [0.4, 0.5) is 0 Å². The highest BCUT2D eigenvalue weighted by atomic mass is 16.5. The van der Waals surface area contributed by atoms with Gasteiger partial charge in [-0.2, -0.15) is 0 Å². The second-order valence-electron chi connectivity index (χ2n) is 4.44. The van der Waals surface area contributed by atoms with E-state index in [1.54, 1.807) is 21.3 Å². The molecule has 1 aliphatic rings. The second-order valence-corrected chi connectivity index (χ2v) is 4.44. The van der Waals surface area contributed by atoms with E-state index in [0.717, 1.165) is 43.4 Å². The van der Waals surface area contributed by atoms with Crippen LogP contribution >= 0.6 is 0 Å². The Morgan fingerprint density at radius 3 is 2.15 bits per heavy atom. The summed E-state index contributed by atoms with van der Waals surface area (Å²) in [6, 6.07) is 3.72. The molecular weight excluding hydrogens is 260 g/mol. The number of rotatable bonds is 6. The van der Waals surface area contributed by atoms with Gasteiger partial charge in [-0.05, 0) is 0 Å². The minimum atomic E-state index is 0.635. The molecule has 2 rings (SSSR count). The summed E-state index contributed by atoms with van der Waals surface area (Å²) >= 11 is 0. The van der Waals surface area contributed by atoms with Crippen LogP contribution in [0.3, 0.4) is 0 Å². The summed E-state index contributed by atoms with van der Waals surface area (Å²) in [4.78, 5) is 0. The summed E-state index contributed by atoms with van der Waals surface area (Å²) in [6.07, 6.45) is 0. The molecule has 1 aromatic rings. The standard InChI is InChI=1S/C14H22N2O4/c1-17-11-8-13(18-2)12(14(9-11)19-3)10-15-16-4-6-20-7-5-16/h8-9,15H,4-7,10H2,1-3H3. The van der Waals surface area contributed by atoms with Gasteiger partial charge in [-0.1, -0.05) is 0 Å². The molecule has 1 N–H and O–H groups in total. The molecule has 1 fully saturated rings. The van der Waals surface area contributed by atoms with Crippen molar-refractivity contribution in [3.63, 3.8) is 0 Å². The van der Waals surface area contributed by atoms with Gasteiger partial charge in [0.05, 0.1) is 40.1 Å². The third-order valence-corrected chi connectivity index (χ3v) is 3.31. The molecule has 0 unspecified atom stereocenters. The van der Waals surface area contributed by atoms with Gasteiger partial charge in [-0.25, -0.2) is 5.01 Å². The molecule has 0 spiro atoms. The van der Waals surface area contributed by atoms with Crippen LogP contribution in [0.1, 0.15) is 5.56 Å². The van der Waals surface area contributed by atoms with E-state index in [2.05, 4.69) is 10.4 Å². The smallest absolute Gasteiger partial charge is 0.130 e. The van der Waals surface area contributed by atoms with E-state index in [1.165, 1.54) is 0 Å². The molecule has 1 aromatic carbocycles. The van der Waals surface area contributed by atoms with Gasteiger partial charge in [0.2, 0.25) is 0 Å². The SMILES string of the molecule is COc1cc(OC)c(CNN2CCOCC2)c(OC)c1. The van der Waals surface area contributed by atoms with E-state index in [0.29, 0.717) is 12.3 Å². The lowest BCUT2D eigenvalue weighted by atomic mass is 10.1. The topological polar surface area (TPSA) is 52.2 Å². The molecule has 0 radical (unpaired) electrons. The molecule has 1 saturated heterocycles. The van der Waals surface area contributed by atoms with E-state index < -0.39 is 0 Å². The molecular formula is C14H22N2O4. The zero-order chi connectivity index (χ0) is 14.4. The summed E-state index contributed by atoms with van der Waals surface area (Å²) in [5.41, 5.74) is 4.35. The zero-order valence-corrected chi connectivity index (χ0v) is 12.3. The first-order valence-corrected chi connectivity index (χ1v) is 6.63. The molecule has 1 aliphatic heterocycles. The van der Waals surface area contributed by atoms with Gasteiger partial charge in [-0.3, -0.25) is 5.43 Å². The molecule has 6 heteroatoms. The third-order valence-electron chi connectivity index (χ3n) is 3.31. The van der Waals surface area contributed by atoms with Gasteiger partial charge in [0, 0.05) is 31.8 Å². The quantitative estimate of drug-likeness (QED) is 0.841. The summed E-state index contributed by atoms with van der Waals surface area (Å²) in [5, 5.41) is 2.15. The van der Waals surface area contributed by atoms with Crippen LogP contribution in [0, 0.1) is 0 Å². The highest BCUT2D eigenvalue weighted by Crippen LogP contribution is 2.33. The van der Waals surface area contributed by atoms with Crippen LogP contribution in [-0.4, -0.2) is 52.6 Å². The van der Waals surface area contributed by atoms with Crippen LogP contribution in [-0.2, 0) is 11.3 Å². The van der Waals surface area contributed by atoms with Crippen molar-refractivity contribution in [2.75, 3.05) is 47.6 Å². The Morgan fingerprint density at radius 2 is 1.65 bits per heavy atom. The van der Waals surface area contributed by atoms with Crippen molar-refractivity contribution in [1.29, 1.82) is 0 Å². The van der Waals surface area contributed by atoms with Crippen molar-refractivity contribution >= 4 is 0 Å². The van der Waals surface area contributed by atoms with Gasteiger partial charge in [0.15, 0.2) is 0 Å². The Balaban J connectivity index is 2.11. The van der Waals surface area contributed by atoms with Crippen LogP contribution < -0.4 is 19.6 Å². The molecule has 0 atom stereocenters. The maximum Gasteiger partial charge on any atom is 0.130 e. The summed E-state index contributed by atoms with van der Waals surface area (Å²) in [6.45, 7) is 3.89. The van der Waals surface area contributed by atoms with Crippen molar-refractivity contribution in [3.8, 4) is 17.2 Å². The molecule has 112 valence electrons. The number of morpholine rings is 1. The maximum atomic E-state index is 5.43. The van der Waals surface area contributed by atoms with Crippen LogP contribution in [0.25, 0.3) is 0 Å². The first-order valence-electron chi connectivity index (χ1n) is 6.63. The minimum Gasteiger partial charge on any atom is -0.496 e. The van der Waals surface area contributed by atoms with Crippen molar-refractivity contribution in [2.24, 2.45) is 0 Å². The van der Waals surface area contributed by atoms with Gasteiger partial charge in [0.1, 0.15) is 17.2 Å². The first kappa shape index (κ1) is 14.9. The zero-order valence-electron chi connectivity index (χ0n) is 12.3. The van der Waals surface area contributed by atoms with Crippen LogP contribution in [0.2, 0.25) is 0 Å². The molecule has 1 heterocycles. The fourth-order valence-corrected chi connectivity index (χ4v) is 2.16. The van der Waals surface area contributed by atoms with E-state index in [4.69, 9.17) is 18.9 Å². The normalized spacial score (nSPS) is 15.9. The van der Waals surface area contributed by atoms with Gasteiger partial charge in [0.25, 0.3) is 0 Å². The summed E-state index contributed by atoms with van der Waals surface area (Å²) < 4.78 is 21.4. The fourth-order valence-electron chi connectivity index (χ4n) is 2.16. The predicted molar refractivity (Wildman–Crippen MR) is 75.3 cm³/mol. The van der Waals surface area contributed by atoms with Crippen LogP contribution in [0.15, 0.2) is 12.1 Å². The predicted octanol–water partition coefficient (Wildman–Crippen LogP) is 1.05. The van der Waals surface area contributed by atoms with E-state index in [9.17, 15) is 0 Å². The van der Waals surface area contributed by atoms with E-state index >= 15 is 0 Å². The Morgan fingerprint density at radius 1 is 1.05 bits per heavy atom. The van der Waals surface area contributed by atoms with Crippen LogP contribution in [0.5, 0.6) is 17.2 Å². The number of hydrogen-bond acceptors (Lipinski definition) is 6. The number of nitrogens with zero attached hydrogens (tertiary/aromatic N) is 1. The molecule has 0 amide bonds. The fraction of sp³-hybridized carbons (Fsp3) is 0.571. The molecule has 0 saturated carbocycles. The molecule has 0 aliphatic carbocycles. The number of benzene rings is 1. The minimum absolute atomic E-state index is 0.635. The number of hydrazine groups is 1. The number of hydrogen-bond donors (Lipinski definition) is 1. The van der Waals surface area contributed by atoms with Crippen molar-refractivity contribution in [2.45, 2.75) is 6.54 Å². The van der Waals surface area contributed by atoms with E-state index in [1.807, 2.05) is 12.1 Å². The number of nitrogens with one attached hydrogen (secondary N) is 1. The molecule has 0 bridgehead atoms. The summed E-state index contributed by atoms with van der Waals surface area (Å²) in [7, 11) is 4.92. The molecule has 20 heavy (non-hydrogen) atoms. The van der Waals surface area contributed by atoms with Crippen molar-refractivity contribution in [1.82, 2.24) is 10.4 Å². The van der Waals surface area contributed by atoms with Crippen molar-refractivity contribution < 1.29 is 18.9 Å². The second kappa shape index (κ2) is 7.33. The number of methoxy groups -OCH3 is 3. The third kappa shape index (κ3) is 3.53. The van der Waals surface area contributed by atoms with Gasteiger partial charge in [-0.15, -0.1) is 0 Å². The highest BCUT2D eigenvalue weighted by molar-refractivity contribution is 5.50. The monoisotopic (exact) mass is 282 g/mol. The summed E-state index contributed by atoms with van der Waals surface area (Å²) in [5.74, 6) is 2.22. The Hall–Kier alpha value is -1.50.